The first-order valence-electron chi connectivity index (χ1n) is 4.73. The van der Waals surface area contributed by atoms with Crippen LogP contribution in [-0.2, 0) is 0 Å². The summed E-state index contributed by atoms with van der Waals surface area (Å²) in [5.74, 6) is 0.714. The van der Waals surface area contributed by atoms with E-state index < -0.39 is 0 Å². The molecule has 1 heteroatoms. The molecular weight excluding hydrogens is 134 g/mol. The average molecular weight is 155 g/mol. The first kappa shape index (κ1) is 10.5. The van der Waals surface area contributed by atoms with Crippen LogP contribution in [0.1, 0.15) is 46.0 Å². The Kier molecular flexibility index (Phi) is 7.33. The third-order valence-corrected chi connectivity index (χ3v) is 2.09. The second kappa shape index (κ2) is 7.64. The SMILES string of the molecule is CCCCCC(/C=C\N)CC. The van der Waals surface area contributed by atoms with Gasteiger partial charge in [-0.05, 0) is 25.0 Å². The molecule has 0 aromatic carbocycles. The quantitative estimate of drug-likeness (QED) is 0.586. The van der Waals surface area contributed by atoms with Gasteiger partial charge in [0.05, 0.1) is 0 Å². The van der Waals surface area contributed by atoms with Crippen molar-refractivity contribution in [1.29, 1.82) is 0 Å². The molecule has 0 rings (SSSR count). The van der Waals surface area contributed by atoms with Crippen molar-refractivity contribution in [2.24, 2.45) is 11.7 Å². The van der Waals surface area contributed by atoms with Crippen molar-refractivity contribution >= 4 is 0 Å². The Balaban J connectivity index is 3.36. The maximum Gasteiger partial charge on any atom is -0.0100 e. The average Bonchev–Trinajstić information content (AvgIpc) is 2.03. The standard InChI is InChI=1S/C10H21N/c1-3-5-6-7-10(4-2)8-9-11/h8-10H,3-7,11H2,1-2H3/b9-8-. The van der Waals surface area contributed by atoms with Crippen LogP contribution in [0.25, 0.3) is 0 Å². The van der Waals surface area contributed by atoms with Crippen LogP contribution in [0, 0.1) is 5.92 Å². The van der Waals surface area contributed by atoms with Gasteiger partial charge in [0.25, 0.3) is 0 Å². The number of nitrogens with two attached hydrogens (primary N) is 1. The van der Waals surface area contributed by atoms with E-state index in [9.17, 15) is 0 Å². The summed E-state index contributed by atoms with van der Waals surface area (Å²) in [5, 5.41) is 0. The normalized spacial score (nSPS) is 14.0. The number of rotatable bonds is 6. The van der Waals surface area contributed by atoms with Gasteiger partial charge in [0.2, 0.25) is 0 Å². The number of allylic oxidation sites excluding steroid dienone is 1. The first-order chi connectivity index (χ1) is 5.35. The van der Waals surface area contributed by atoms with Crippen molar-refractivity contribution in [3.8, 4) is 0 Å². The molecule has 0 spiro atoms. The highest BCUT2D eigenvalue weighted by atomic mass is 14.5. The van der Waals surface area contributed by atoms with Crippen LogP contribution in [0.15, 0.2) is 12.3 Å². The molecule has 0 aliphatic carbocycles. The fraction of sp³-hybridized carbons (Fsp3) is 0.800. The molecule has 0 aromatic heterocycles. The van der Waals surface area contributed by atoms with Crippen molar-refractivity contribution in [2.45, 2.75) is 46.0 Å². The highest BCUT2D eigenvalue weighted by molar-refractivity contribution is 4.83. The van der Waals surface area contributed by atoms with Gasteiger partial charge >= 0.3 is 0 Å². The molecular formula is C10H21N. The summed E-state index contributed by atoms with van der Waals surface area (Å²) in [6.45, 7) is 4.45. The van der Waals surface area contributed by atoms with Crippen LogP contribution < -0.4 is 5.73 Å². The van der Waals surface area contributed by atoms with Gasteiger partial charge in [0.1, 0.15) is 0 Å². The molecule has 0 saturated heterocycles. The predicted molar refractivity (Wildman–Crippen MR) is 51.3 cm³/mol. The second-order valence-corrected chi connectivity index (χ2v) is 3.05. The lowest BCUT2D eigenvalue weighted by molar-refractivity contribution is 0.526. The van der Waals surface area contributed by atoms with E-state index in [1.165, 1.54) is 32.1 Å². The lowest BCUT2D eigenvalue weighted by Gasteiger charge is -2.07. The molecule has 0 bridgehead atoms. The van der Waals surface area contributed by atoms with Gasteiger partial charge in [0, 0.05) is 0 Å². The fourth-order valence-corrected chi connectivity index (χ4v) is 1.25. The predicted octanol–water partition coefficient (Wildman–Crippen LogP) is 3.07. The van der Waals surface area contributed by atoms with E-state index in [1.807, 2.05) is 0 Å². The molecule has 0 saturated carbocycles. The van der Waals surface area contributed by atoms with Gasteiger partial charge in [0.15, 0.2) is 0 Å². The van der Waals surface area contributed by atoms with E-state index >= 15 is 0 Å². The van der Waals surface area contributed by atoms with E-state index in [2.05, 4.69) is 19.9 Å². The summed E-state index contributed by atoms with van der Waals surface area (Å²) in [6.07, 6.45) is 10.3. The van der Waals surface area contributed by atoms with Crippen LogP contribution in [0.2, 0.25) is 0 Å². The van der Waals surface area contributed by atoms with Crippen LogP contribution in [0.5, 0.6) is 0 Å². The maximum absolute atomic E-state index is 5.33. The lowest BCUT2D eigenvalue weighted by Crippen LogP contribution is -1.95. The van der Waals surface area contributed by atoms with Crippen molar-refractivity contribution in [3.63, 3.8) is 0 Å². The van der Waals surface area contributed by atoms with E-state index in [1.54, 1.807) is 6.20 Å². The Labute approximate surface area is 70.7 Å². The van der Waals surface area contributed by atoms with Crippen molar-refractivity contribution in [3.05, 3.63) is 12.3 Å². The molecule has 11 heavy (non-hydrogen) atoms. The molecule has 0 amide bonds. The molecule has 0 aliphatic rings. The highest BCUT2D eigenvalue weighted by Crippen LogP contribution is 2.13. The van der Waals surface area contributed by atoms with E-state index in [0.717, 1.165) is 0 Å². The zero-order valence-corrected chi connectivity index (χ0v) is 7.84. The smallest absolute Gasteiger partial charge is 0.0100 e. The molecule has 0 fully saturated rings. The van der Waals surface area contributed by atoms with Crippen LogP contribution in [0.3, 0.4) is 0 Å². The Morgan fingerprint density at radius 2 is 2.00 bits per heavy atom. The monoisotopic (exact) mass is 155 g/mol. The lowest BCUT2D eigenvalue weighted by atomic mass is 9.99. The van der Waals surface area contributed by atoms with E-state index in [-0.39, 0.29) is 0 Å². The van der Waals surface area contributed by atoms with Gasteiger partial charge < -0.3 is 5.73 Å². The van der Waals surface area contributed by atoms with Crippen molar-refractivity contribution in [2.75, 3.05) is 0 Å². The summed E-state index contributed by atoms with van der Waals surface area (Å²) < 4.78 is 0. The van der Waals surface area contributed by atoms with Gasteiger partial charge in [-0.2, -0.15) is 0 Å². The van der Waals surface area contributed by atoms with Crippen molar-refractivity contribution < 1.29 is 0 Å². The molecule has 1 unspecified atom stereocenters. The summed E-state index contributed by atoms with van der Waals surface area (Å²) >= 11 is 0. The Morgan fingerprint density at radius 1 is 1.27 bits per heavy atom. The molecule has 0 heterocycles. The minimum Gasteiger partial charge on any atom is -0.405 e. The van der Waals surface area contributed by atoms with Gasteiger partial charge in [-0.1, -0.05) is 39.2 Å². The summed E-state index contributed by atoms with van der Waals surface area (Å²) in [5.41, 5.74) is 5.33. The third-order valence-electron chi connectivity index (χ3n) is 2.09. The summed E-state index contributed by atoms with van der Waals surface area (Å²) in [4.78, 5) is 0. The zero-order chi connectivity index (χ0) is 8.53. The van der Waals surface area contributed by atoms with Gasteiger partial charge in [-0.3, -0.25) is 0 Å². The zero-order valence-electron chi connectivity index (χ0n) is 7.84. The van der Waals surface area contributed by atoms with Crippen LogP contribution in [-0.4, -0.2) is 0 Å². The molecule has 2 N–H and O–H groups in total. The molecule has 1 nitrogen and oxygen atoms in total. The highest BCUT2D eigenvalue weighted by Gasteiger charge is 1.99. The number of hydrogen-bond acceptors (Lipinski definition) is 1. The minimum atomic E-state index is 0.714. The van der Waals surface area contributed by atoms with Crippen LogP contribution >= 0.6 is 0 Å². The third kappa shape index (κ3) is 5.96. The topological polar surface area (TPSA) is 26.0 Å². The molecule has 66 valence electrons. The van der Waals surface area contributed by atoms with Crippen LogP contribution in [0.4, 0.5) is 0 Å². The summed E-state index contributed by atoms with van der Waals surface area (Å²) in [7, 11) is 0. The van der Waals surface area contributed by atoms with Crippen molar-refractivity contribution in [1.82, 2.24) is 0 Å². The van der Waals surface area contributed by atoms with E-state index in [0.29, 0.717) is 5.92 Å². The summed E-state index contributed by atoms with van der Waals surface area (Å²) in [6, 6.07) is 0. The fourth-order valence-electron chi connectivity index (χ4n) is 1.25. The minimum absolute atomic E-state index is 0.714. The van der Waals surface area contributed by atoms with Gasteiger partial charge in [-0.25, -0.2) is 0 Å². The largest absolute Gasteiger partial charge is 0.405 e. The first-order valence-corrected chi connectivity index (χ1v) is 4.73. The second-order valence-electron chi connectivity index (χ2n) is 3.05. The molecule has 0 radical (unpaired) electrons. The Morgan fingerprint density at radius 3 is 2.45 bits per heavy atom. The molecule has 0 aromatic rings. The Hall–Kier alpha value is -0.460. The van der Waals surface area contributed by atoms with E-state index in [4.69, 9.17) is 5.73 Å². The number of hydrogen-bond donors (Lipinski definition) is 1. The molecule has 0 aliphatic heterocycles. The van der Waals surface area contributed by atoms with Gasteiger partial charge in [-0.15, -0.1) is 0 Å². The number of unbranched alkanes of at least 4 members (excludes halogenated alkanes) is 2. The maximum atomic E-state index is 5.33. The molecule has 1 atom stereocenters. The Bertz CT molecular complexity index is 97.0.